The minimum Gasteiger partial charge on any atom is -0.366 e. The van der Waals surface area contributed by atoms with Crippen LogP contribution in [0.25, 0.3) is 16.3 Å². The van der Waals surface area contributed by atoms with Gasteiger partial charge in [0.2, 0.25) is 15.9 Å². The highest BCUT2D eigenvalue weighted by Crippen LogP contribution is 2.49. The maximum absolute atomic E-state index is 13.5. The van der Waals surface area contributed by atoms with Gasteiger partial charge in [0.1, 0.15) is 20.8 Å². The van der Waals surface area contributed by atoms with Crippen molar-refractivity contribution in [2.24, 2.45) is 5.92 Å². The molecule has 2 saturated carbocycles. The molecule has 12 nitrogen and oxygen atoms in total. The van der Waals surface area contributed by atoms with Gasteiger partial charge in [0.15, 0.2) is 16.0 Å². The first-order valence-corrected chi connectivity index (χ1v) is 16.0. The second-order valence-corrected chi connectivity index (χ2v) is 14.5. The third-order valence-corrected chi connectivity index (χ3v) is 11.4. The summed E-state index contributed by atoms with van der Waals surface area (Å²) in [6, 6.07) is 3.99. The fraction of sp³-hybridized carbons (Fsp3) is 0.560. The predicted octanol–water partition coefficient (Wildman–Crippen LogP) is 1.76. The number of pyridine rings is 1. The number of hydrogen-bond acceptors (Lipinski definition) is 10. The third kappa shape index (κ3) is 4.35. The Balaban J connectivity index is 1.29. The number of carbonyl (C=O) groups excluding carboxylic acids is 1. The number of anilines is 1. The molecule has 2 N–H and O–H groups in total. The number of sulfonamides is 1. The minimum atomic E-state index is -3.86. The lowest BCUT2D eigenvalue weighted by Crippen LogP contribution is -2.56. The number of aromatic nitrogens is 4. The van der Waals surface area contributed by atoms with Crippen LogP contribution in [0.15, 0.2) is 17.2 Å². The molecule has 2 saturated heterocycles. The molecular formula is C25H28ClN9O3S2. The molecule has 3 aromatic heterocycles. The Morgan fingerprint density at radius 3 is 2.52 bits per heavy atom. The topological polar surface area (TPSA) is 149 Å². The average Bonchev–Trinajstić information content (AvgIpc) is 3.76. The van der Waals surface area contributed by atoms with Gasteiger partial charge in [-0.05, 0) is 38.7 Å². The first kappa shape index (κ1) is 26.1. The van der Waals surface area contributed by atoms with Gasteiger partial charge in [-0.1, -0.05) is 22.9 Å². The average molecular weight is 602 g/mol. The lowest BCUT2D eigenvalue weighted by Gasteiger charge is -2.39. The van der Waals surface area contributed by atoms with Crippen LogP contribution in [0.4, 0.5) is 5.69 Å². The maximum Gasteiger partial charge on any atom is 0.242 e. The quantitative estimate of drug-likeness (QED) is 0.413. The number of hydrogen-bond donors (Lipinski definition) is 2. The number of nitriles is 1. The zero-order chi connectivity index (χ0) is 27.9. The Hall–Kier alpha value is -2.83. The van der Waals surface area contributed by atoms with Crippen LogP contribution in [0, 0.1) is 17.2 Å². The van der Waals surface area contributed by atoms with E-state index in [1.807, 2.05) is 11.8 Å². The van der Waals surface area contributed by atoms with Crippen LogP contribution in [-0.4, -0.2) is 83.6 Å². The SMILES string of the molecule is CC1(NS(=O)(=O)c2cc(N3CCN(C(=O)C4CNC4)CC3)c3c(Cl)nc(-c4nnc(C5(C#N)CC5)s4)n3c2)CC1. The predicted molar refractivity (Wildman–Crippen MR) is 149 cm³/mol. The first-order valence-electron chi connectivity index (χ1n) is 13.4. The van der Waals surface area contributed by atoms with Gasteiger partial charge >= 0.3 is 0 Å². The number of piperazine rings is 1. The second-order valence-electron chi connectivity index (χ2n) is 11.4. The summed E-state index contributed by atoms with van der Waals surface area (Å²) < 4.78 is 31.6. The van der Waals surface area contributed by atoms with Crippen LogP contribution in [0.5, 0.6) is 0 Å². The fourth-order valence-corrected chi connectivity index (χ4v) is 8.01. The van der Waals surface area contributed by atoms with Gasteiger partial charge < -0.3 is 15.1 Å². The molecule has 7 rings (SSSR count). The fourth-order valence-electron chi connectivity index (χ4n) is 5.23. The van der Waals surface area contributed by atoms with E-state index in [0.717, 1.165) is 25.7 Å². The molecule has 1 amide bonds. The van der Waals surface area contributed by atoms with Crippen LogP contribution < -0.4 is 14.9 Å². The summed E-state index contributed by atoms with van der Waals surface area (Å²) in [6.45, 7) is 5.43. The summed E-state index contributed by atoms with van der Waals surface area (Å²) in [5, 5.41) is 22.7. The van der Waals surface area contributed by atoms with Gasteiger partial charge in [-0.3, -0.25) is 9.20 Å². The number of nitrogens with one attached hydrogen (secondary N) is 2. The summed E-state index contributed by atoms with van der Waals surface area (Å²) in [6.07, 6.45) is 4.57. The van der Waals surface area contributed by atoms with Crippen molar-refractivity contribution in [2.75, 3.05) is 44.2 Å². The smallest absolute Gasteiger partial charge is 0.242 e. The summed E-state index contributed by atoms with van der Waals surface area (Å²) in [7, 11) is -3.86. The van der Waals surface area contributed by atoms with Crippen molar-refractivity contribution in [1.82, 2.24) is 34.5 Å². The summed E-state index contributed by atoms with van der Waals surface area (Å²) >= 11 is 8.01. The van der Waals surface area contributed by atoms with Crippen LogP contribution in [-0.2, 0) is 20.2 Å². The Kier molecular flexibility index (Phi) is 5.93. The molecule has 0 bridgehead atoms. The molecule has 0 atom stereocenters. The maximum atomic E-state index is 13.5. The van der Waals surface area contributed by atoms with Gasteiger partial charge in [0, 0.05) is 51.0 Å². The minimum absolute atomic E-state index is 0.0287. The summed E-state index contributed by atoms with van der Waals surface area (Å²) in [5.74, 6) is 0.560. The number of amides is 1. The number of nitrogens with zero attached hydrogens (tertiary/aromatic N) is 7. The molecule has 4 fully saturated rings. The van der Waals surface area contributed by atoms with Gasteiger partial charge in [-0.2, -0.15) is 5.26 Å². The highest BCUT2D eigenvalue weighted by atomic mass is 35.5. The molecule has 0 aromatic carbocycles. The summed E-state index contributed by atoms with van der Waals surface area (Å²) in [5.41, 5.74) is 0.151. The molecule has 0 spiro atoms. The van der Waals surface area contributed by atoms with Crippen molar-refractivity contribution in [3.05, 3.63) is 22.4 Å². The number of rotatable bonds is 7. The zero-order valence-corrected chi connectivity index (χ0v) is 24.2. The summed E-state index contributed by atoms with van der Waals surface area (Å²) in [4.78, 5) is 21.4. The van der Waals surface area contributed by atoms with E-state index in [-0.39, 0.29) is 21.9 Å². The lowest BCUT2D eigenvalue weighted by molar-refractivity contribution is -0.137. The Labute approximate surface area is 240 Å². The monoisotopic (exact) mass is 601 g/mol. The van der Waals surface area contributed by atoms with Crippen LogP contribution in [0.3, 0.4) is 0 Å². The highest BCUT2D eigenvalue weighted by molar-refractivity contribution is 7.89. The van der Waals surface area contributed by atoms with Crippen LogP contribution >= 0.6 is 22.9 Å². The van der Waals surface area contributed by atoms with Gasteiger partial charge in [-0.15, -0.1) is 10.2 Å². The number of imidazole rings is 1. The van der Waals surface area contributed by atoms with E-state index in [1.54, 1.807) is 10.5 Å². The van der Waals surface area contributed by atoms with Crippen molar-refractivity contribution < 1.29 is 13.2 Å². The number of carbonyl (C=O) groups is 1. The normalized spacial score (nSPS) is 21.7. The van der Waals surface area contributed by atoms with Crippen molar-refractivity contribution in [2.45, 2.75) is 48.5 Å². The zero-order valence-electron chi connectivity index (χ0n) is 21.9. The molecule has 210 valence electrons. The Morgan fingerprint density at radius 1 is 1.20 bits per heavy atom. The van der Waals surface area contributed by atoms with Crippen LogP contribution in [0.1, 0.15) is 37.6 Å². The molecule has 0 unspecified atom stereocenters. The molecule has 40 heavy (non-hydrogen) atoms. The van der Waals surface area contributed by atoms with Crippen LogP contribution in [0.2, 0.25) is 5.15 Å². The van der Waals surface area contributed by atoms with E-state index in [9.17, 15) is 18.5 Å². The molecular weight excluding hydrogens is 574 g/mol. The van der Waals surface area contributed by atoms with Gasteiger partial charge in [0.05, 0.1) is 17.7 Å². The Morgan fingerprint density at radius 2 is 1.93 bits per heavy atom. The molecule has 0 radical (unpaired) electrons. The van der Waals surface area contributed by atoms with Crippen molar-refractivity contribution >= 4 is 50.1 Å². The van der Waals surface area contributed by atoms with E-state index in [2.05, 4.69) is 36.2 Å². The molecule has 4 aliphatic rings. The Bertz CT molecular complexity index is 1670. The lowest BCUT2D eigenvalue weighted by atomic mass is 10.0. The second kappa shape index (κ2) is 9.09. The highest BCUT2D eigenvalue weighted by Gasteiger charge is 2.48. The molecule has 15 heteroatoms. The van der Waals surface area contributed by atoms with E-state index in [4.69, 9.17) is 11.6 Å². The largest absolute Gasteiger partial charge is 0.366 e. The third-order valence-electron chi connectivity index (χ3n) is 8.39. The van der Waals surface area contributed by atoms with E-state index >= 15 is 0 Å². The van der Waals surface area contributed by atoms with Gasteiger partial charge in [0.25, 0.3) is 0 Å². The standard InChI is InChI=1S/C25H28ClN9O3S2/c1-24(2-3-24)32-40(37,38)16-10-17(33-6-8-34(9-7-33)22(36)15-11-28-12-15)18-19(26)29-20(35(18)13-16)21-30-31-23(39-21)25(14-27)4-5-25/h10,13,15,28,32H,2-9,11-12H2,1H3. The van der Waals surface area contributed by atoms with Gasteiger partial charge in [-0.25, -0.2) is 18.1 Å². The van der Waals surface area contributed by atoms with Crippen molar-refractivity contribution in [1.29, 1.82) is 5.26 Å². The van der Waals surface area contributed by atoms with E-state index in [1.165, 1.54) is 17.5 Å². The van der Waals surface area contributed by atoms with Crippen molar-refractivity contribution in [3.63, 3.8) is 0 Å². The number of fused-ring (bicyclic) bond motifs is 1. The molecule has 2 aliphatic heterocycles. The van der Waals surface area contributed by atoms with E-state index in [0.29, 0.717) is 66.3 Å². The molecule has 5 heterocycles. The molecule has 2 aliphatic carbocycles. The number of halogens is 1. The van der Waals surface area contributed by atoms with Crippen molar-refractivity contribution in [3.8, 4) is 16.9 Å². The molecule has 3 aromatic rings. The first-order chi connectivity index (χ1) is 19.1. The van der Waals surface area contributed by atoms with E-state index < -0.39 is 21.0 Å².